The minimum atomic E-state index is -1.32. The van der Waals surface area contributed by atoms with Gasteiger partial charge in [-0.1, -0.05) is 103 Å². The van der Waals surface area contributed by atoms with Gasteiger partial charge in [0.05, 0.1) is 13.1 Å². The Morgan fingerprint density at radius 3 is 1.56 bits per heavy atom. The molecular weight excluding hydrogens is 807 g/mol. The third-order valence-corrected chi connectivity index (χ3v) is 10.8. The Bertz CT molecular complexity index is 1480. The van der Waals surface area contributed by atoms with Crippen molar-refractivity contribution in [3.8, 4) is 5.75 Å². The summed E-state index contributed by atoms with van der Waals surface area (Å²) in [6.07, 6.45) is 19.0. The first kappa shape index (κ1) is 56.2. The molecular formula is C46H81N9O8. The van der Waals surface area contributed by atoms with E-state index in [4.69, 9.17) is 17.2 Å². The zero-order chi connectivity index (χ0) is 46.7. The molecule has 0 bridgehead atoms. The van der Waals surface area contributed by atoms with Crippen molar-refractivity contribution in [2.45, 2.75) is 186 Å². The van der Waals surface area contributed by atoms with Gasteiger partial charge in [0, 0.05) is 25.3 Å². The highest BCUT2D eigenvalue weighted by Gasteiger charge is 2.30. The predicted octanol–water partition coefficient (Wildman–Crippen LogP) is 3.13. The summed E-state index contributed by atoms with van der Waals surface area (Å²) in [5, 5.41) is 25.7. The summed E-state index contributed by atoms with van der Waals surface area (Å²) >= 11 is 0. The molecule has 0 radical (unpaired) electrons. The first-order valence-corrected chi connectivity index (χ1v) is 23.5. The number of benzene rings is 1. The Morgan fingerprint density at radius 1 is 0.524 bits per heavy atom. The Labute approximate surface area is 375 Å². The highest BCUT2D eigenvalue weighted by Crippen LogP contribution is 2.14. The molecule has 17 nitrogen and oxygen atoms in total. The van der Waals surface area contributed by atoms with Crippen molar-refractivity contribution in [3.05, 3.63) is 29.8 Å². The fraction of sp³-hybridized carbons (Fsp3) is 0.717. The van der Waals surface area contributed by atoms with Crippen LogP contribution in [-0.2, 0) is 40.0 Å². The van der Waals surface area contributed by atoms with Gasteiger partial charge in [-0.05, 0) is 82.7 Å². The first-order valence-electron chi connectivity index (χ1n) is 23.5. The number of amides is 7. The maximum Gasteiger partial charge on any atom is 0.243 e. The number of carbonyl (C=O) groups excluding carboxylic acids is 7. The minimum absolute atomic E-state index is 0.0128. The van der Waals surface area contributed by atoms with Crippen LogP contribution in [0.3, 0.4) is 0 Å². The van der Waals surface area contributed by atoms with Gasteiger partial charge in [-0.2, -0.15) is 0 Å². The number of primary amides is 1. The molecule has 0 saturated heterocycles. The van der Waals surface area contributed by atoms with Crippen molar-refractivity contribution in [2.24, 2.45) is 17.2 Å². The smallest absolute Gasteiger partial charge is 0.243 e. The van der Waals surface area contributed by atoms with Crippen LogP contribution in [0.15, 0.2) is 24.3 Å². The Hall–Kier alpha value is -4.77. The summed E-state index contributed by atoms with van der Waals surface area (Å²) in [5.74, 6) is -4.23. The van der Waals surface area contributed by atoms with Crippen LogP contribution in [-0.4, -0.2) is 96.8 Å². The van der Waals surface area contributed by atoms with Gasteiger partial charge in [0.15, 0.2) is 0 Å². The second-order valence-electron chi connectivity index (χ2n) is 16.6. The molecule has 7 amide bonds. The number of nitrogens with two attached hydrogens (primary N) is 3. The van der Waals surface area contributed by atoms with E-state index in [0.29, 0.717) is 44.3 Å². The maximum atomic E-state index is 13.9. The van der Waals surface area contributed by atoms with E-state index in [0.717, 1.165) is 38.5 Å². The molecule has 0 aromatic heterocycles. The summed E-state index contributed by atoms with van der Waals surface area (Å²) in [5.41, 5.74) is 17.2. The summed E-state index contributed by atoms with van der Waals surface area (Å²) in [4.78, 5) is 90.7. The Kier molecular flexibility index (Phi) is 31.8. The molecule has 4 atom stereocenters. The maximum absolute atomic E-state index is 13.9. The van der Waals surface area contributed by atoms with E-state index in [-0.39, 0.29) is 49.9 Å². The number of unbranched alkanes of at least 4 members (excludes halogenated alkanes) is 14. The van der Waals surface area contributed by atoms with Crippen molar-refractivity contribution in [1.29, 1.82) is 0 Å². The van der Waals surface area contributed by atoms with E-state index in [9.17, 15) is 38.7 Å². The van der Waals surface area contributed by atoms with Crippen LogP contribution in [0.4, 0.5) is 0 Å². The Morgan fingerprint density at radius 2 is 1.00 bits per heavy atom. The number of phenols is 1. The molecule has 1 aromatic rings. The SMILES string of the molecule is CCCCCCCCCCCCCCCC(=O)NCC(=O)NCC(=O)N[C@@H](Cc1ccc(O)cc1)C(=O)N[C@@H](CCC(N)=O)C(=O)N[C@@H](CCCCN)C(=O)N[C@H](C)CCCCN. The molecule has 63 heavy (non-hydrogen) atoms. The highest BCUT2D eigenvalue weighted by molar-refractivity contribution is 5.95. The molecule has 0 saturated carbocycles. The monoisotopic (exact) mass is 888 g/mol. The number of nitrogens with one attached hydrogen (secondary N) is 6. The van der Waals surface area contributed by atoms with Gasteiger partial charge in [-0.3, -0.25) is 33.6 Å². The van der Waals surface area contributed by atoms with Gasteiger partial charge in [0.1, 0.15) is 23.9 Å². The molecule has 13 N–H and O–H groups in total. The molecule has 0 unspecified atom stereocenters. The second kappa shape index (κ2) is 35.7. The number of aromatic hydroxyl groups is 1. The average molecular weight is 888 g/mol. The average Bonchev–Trinajstić information content (AvgIpc) is 3.25. The minimum Gasteiger partial charge on any atom is -0.508 e. The fourth-order valence-electron chi connectivity index (χ4n) is 7.01. The van der Waals surface area contributed by atoms with Gasteiger partial charge in [0.2, 0.25) is 41.4 Å². The van der Waals surface area contributed by atoms with E-state index in [1.807, 2.05) is 6.92 Å². The second-order valence-corrected chi connectivity index (χ2v) is 16.6. The summed E-state index contributed by atoms with van der Waals surface area (Å²) in [6.45, 7) is 4.18. The van der Waals surface area contributed by atoms with Gasteiger partial charge in [0.25, 0.3) is 0 Å². The molecule has 0 heterocycles. The zero-order valence-electron chi connectivity index (χ0n) is 38.2. The molecule has 0 fully saturated rings. The highest BCUT2D eigenvalue weighted by atomic mass is 16.3. The van der Waals surface area contributed by atoms with Crippen LogP contribution in [0.5, 0.6) is 5.75 Å². The summed E-state index contributed by atoms with van der Waals surface area (Å²) in [7, 11) is 0. The van der Waals surface area contributed by atoms with Crippen molar-refractivity contribution >= 4 is 41.4 Å². The van der Waals surface area contributed by atoms with Crippen LogP contribution in [0.25, 0.3) is 0 Å². The predicted molar refractivity (Wildman–Crippen MR) is 246 cm³/mol. The largest absolute Gasteiger partial charge is 0.508 e. The van der Waals surface area contributed by atoms with E-state index in [1.54, 1.807) is 12.1 Å². The van der Waals surface area contributed by atoms with Crippen LogP contribution < -0.4 is 49.1 Å². The number of hydrogen-bond donors (Lipinski definition) is 10. The van der Waals surface area contributed by atoms with Crippen LogP contribution >= 0.6 is 0 Å². The Balaban J connectivity index is 2.80. The quantitative estimate of drug-likeness (QED) is 0.0433. The lowest BCUT2D eigenvalue weighted by Crippen LogP contribution is -2.58. The number of hydrogen-bond acceptors (Lipinski definition) is 10. The fourth-order valence-corrected chi connectivity index (χ4v) is 7.01. The lowest BCUT2D eigenvalue weighted by molar-refractivity contribution is -0.134. The van der Waals surface area contributed by atoms with Gasteiger partial charge in [-0.15, -0.1) is 0 Å². The van der Waals surface area contributed by atoms with Crippen LogP contribution in [0.2, 0.25) is 0 Å². The molecule has 1 rings (SSSR count). The van der Waals surface area contributed by atoms with Gasteiger partial charge < -0.3 is 54.2 Å². The molecule has 0 aliphatic carbocycles. The standard InChI is InChI=1S/C46H81N9O8/c1-3-4-5-6-7-8-9-10-11-12-13-14-15-22-41(58)50-32-42(59)51-33-43(60)53-39(31-35-23-25-36(56)26-24-35)46(63)55-38(27-28-40(49)57)45(62)54-37(21-17-19-30-48)44(61)52-34(2)20-16-18-29-47/h23-26,34,37-39,56H,3-22,27-33,47-48H2,1-2H3,(H2,49,57)(H,50,58)(H,51,59)(H,52,61)(H,53,60)(H,54,62)(H,55,63)/t34-,37+,38+,39+/m1/s1. The van der Waals surface area contributed by atoms with Gasteiger partial charge in [-0.25, -0.2) is 0 Å². The van der Waals surface area contributed by atoms with E-state index in [2.05, 4.69) is 38.8 Å². The van der Waals surface area contributed by atoms with Crippen molar-refractivity contribution in [3.63, 3.8) is 0 Å². The van der Waals surface area contributed by atoms with Gasteiger partial charge >= 0.3 is 0 Å². The molecule has 0 aliphatic heterocycles. The summed E-state index contributed by atoms with van der Waals surface area (Å²) in [6, 6.07) is 2.20. The molecule has 0 spiro atoms. The third-order valence-electron chi connectivity index (χ3n) is 10.8. The molecule has 0 aliphatic rings. The van der Waals surface area contributed by atoms with E-state index >= 15 is 0 Å². The van der Waals surface area contributed by atoms with E-state index in [1.165, 1.54) is 69.9 Å². The lowest BCUT2D eigenvalue weighted by atomic mass is 10.0. The normalized spacial score (nSPS) is 12.9. The summed E-state index contributed by atoms with van der Waals surface area (Å²) < 4.78 is 0. The van der Waals surface area contributed by atoms with Crippen LogP contribution in [0.1, 0.15) is 161 Å². The number of rotatable bonds is 38. The third kappa shape index (κ3) is 29.3. The van der Waals surface area contributed by atoms with Crippen molar-refractivity contribution < 1.29 is 38.7 Å². The number of phenolic OH excluding ortho intramolecular Hbond substituents is 1. The molecule has 358 valence electrons. The van der Waals surface area contributed by atoms with Crippen molar-refractivity contribution in [1.82, 2.24) is 31.9 Å². The first-order chi connectivity index (χ1) is 30.3. The van der Waals surface area contributed by atoms with Crippen LogP contribution in [0, 0.1) is 0 Å². The van der Waals surface area contributed by atoms with Crippen molar-refractivity contribution in [2.75, 3.05) is 26.2 Å². The topological polar surface area (TPSA) is 290 Å². The number of carbonyl (C=O) groups is 7. The zero-order valence-corrected chi connectivity index (χ0v) is 38.2. The molecule has 1 aromatic carbocycles. The lowest BCUT2D eigenvalue weighted by Gasteiger charge is -2.26. The molecule has 17 heteroatoms. The van der Waals surface area contributed by atoms with E-state index < -0.39 is 60.1 Å².